The Morgan fingerprint density at radius 1 is 1.09 bits per heavy atom. The minimum absolute atomic E-state index is 0.385. The normalized spacial score (nSPS) is 12.0. The average molecular weight is 477 g/mol. The van der Waals surface area contributed by atoms with Gasteiger partial charge in [0.05, 0.1) is 29.4 Å². The first kappa shape index (κ1) is 23.7. The highest BCUT2D eigenvalue weighted by Gasteiger charge is 2.18. The molecule has 0 bridgehead atoms. The third kappa shape index (κ3) is 5.03. The molecule has 34 heavy (non-hydrogen) atoms. The summed E-state index contributed by atoms with van der Waals surface area (Å²) in [5, 5.41) is 0. The molecule has 1 aromatic heterocycles. The number of unbranched alkanes of at least 4 members (excludes halogenated alkanes) is 1. The molecule has 3 aromatic carbocycles. The third-order valence-corrected chi connectivity index (χ3v) is 6.12. The molecular formula is C26H26N3O4S-. The standard InChI is InChI=1S/C26H27N3O4S/c1-3-4-12-24-27-23-11-7-9-21(26(30)33-2)25(23)29(24)17-18-13-15-19(16-14-18)20-8-5-6-10-22(20)28-34(31)32/h5-11,13-16,28H,3-4,12,17H2,1-2H3,(H,31,32)/p-1. The van der Waals surface area contributed by atoms with E-state index in [1.807, 2.05) is 48.5 Å². The van der Waals surface area contributed by atoms with Gasteiger partial charge in [0.15, 0.2) is 0 Å². The lowest BCUT2D eigenvalue weighted by Gasteiger charge is -2.15. The maximum absolute atomic E-state index is 12.5. The zero-order chi connectivity index (χ0) is 24.1. The molecule has 0 fully saturated rings. The van der Waals surface area contributed by atoms with Gasteiger partial charge >= 0.3 is 5.97 Å². The van der Waals surface area contributed by atoms with Gasteiger partial charge in [-0.15, -0.1) is 0 Å². The van der Waals surface area contributed by atoms with Gasteiger partial charge in [0.25, 0.3) is 0 Å². The van der Waals surface area contributed by atoms with Crippen molar-refractivity contribution >= 4 is 34.0 Å². The lowest BCUT2D eigenvalue weighted by atomic mass is 10.0. The van der Waals surface area contributed by atoms with E-state index in [2.05, 4.69) is 16.2 Å². The molecule has 4 rings (SSSR count). The second-order valence-corrected chi connectivity index (χ2v) is 8.64. The smallest absolute Gasteiger partial charge is 0.340 e. The van der Waals surface area contributed by atoms with Gasteiger partial charge < -0.3 is 18.6 Å². The number of hydrogen-bond donors (Lipinski definition) is 1. The molecule has 0 amide bonds. The summed E-state index contributed by atoms with van der Waals surface area (Å²) in [6.07, 6.45) is 2.86. The average Bonchev–Trinajstić information content (AvgIpc) is 3.20. The number of hydrogen-bond acceptors (Lipinski definition) is 5. The first-order chi connectivity index (χ1) is 16.5. The van der Waals surface area contributed by atoms with Gasteiger partial charge in [0, 0.05) is 29.8 Å². The van der Waals surface area contributed by atoms with Crippen molar-refractivity contribution in [3.8, 4) is 11.1 Å². The highest BCUT2D eigenvalue weighted by Crippen LogP contribution is 2.29. The van der Waals surface area contributed by atoms with Crippen molar-refractivity contribution in [2.45, 2.75) is 32.7 Å². The van der Waals surface area contributed by atoms with E-state index in [4.69, 9.17) is 9.72 Å². The van der Waals surface area contributed by atoms with E-state index < -0.39 is 11.3 Å². The fourth-order valence-corrected chi connectivity index (χ4v) is 4.45. The fourth-order valence-electron chi connectivity index (χ4n) is 4.09. The molecule has 0 saturated carbocycles. The topological polar surface area (TPSA) is 96.3 Å². The van der Waals surface area contributed by atoms with Crippen LogP contribution < -0.4 is 4.72 Å². The monoisotopic (exact) mass is 476 g/mol. The van der Waals surface area contributed by atoms with Gasteiger partial charge in [-0.25, -0.2) is 9.78 Å². The van der Waals surface area contributed by atoms with E-state index >= 15 is 0 Å². The van der Waals surface area contributed by atoms with Crippen LogP contribution in [0.1, 0.15) is 41.5 Å². The largest absolute Gasteiger partial charge is 0.755 e. The number of benzene rings is 3. The first-order valence-electron chi connectivity index (χ1n) is 11.1. The number of esters is 1. The molecule has 4 aromatic rings. The summed E-state index contributed by atoms with van der Waals surface area (Å²) in [7, 11) is 1.38. The zero-order valence-corrected chi connectivity index (χ0v) is 19.9. The molecule has 176 valence electrons. The number of rotatable bonds is 9. The van der Waals surface area contributed by atoms with Crippen LogP contribution in [0, 0.1) is 0 Å². The molecule has 1 N–H and O–H groups in total. The molecule has 0 radical (unpaired) electrons. The Bertz CT molecular complexity index is 1330. The second kappa shape index (κ2) is 10.6. The summed E-state index contributed by atoms with van der Waals surface area (Å²) >= 11 is -2.40. The number of para-hydroxylation sites is 2. The summed E-state index contributed by atoms with van der Waals surface area (Å²) < 4.78 is 31.9. The van der Waals surface area contributed by atoms with E-state index in [9.17, 15) is 13.6 Å². The Labute approximate surface area is 201 Å². The van der Waals surface area contributed by atoms with Crippen LogP contribution in [0.25, 0.3) is 22.2 Å². The maximum atomic E-state index is 12.5. The van der Waals surface area contributed by atoms with Gasteiger partial charge in [-0.05, 0) is 35.7 Å². The van der Waals surface area contributed by atoms with Crippen LogP contribution in [0.2, 0.25) is 0 Å². The van der Waals surface area contributed by atoms with E-state index in [0.29, 0.717) is 17.8 Å². The Kier molecular flexibility index (Phi) is 7.40. The predicted molar refractivity (Wildman–Crippen MR) is 133 cm³/mol. The molecule has 1 unspecified atom stereocenters. The molecule has 0 aliphatic heterocycles. The van der Waals surface area contributed by atoms with Crippen LogP contribution in [0.4, 0.5) is 5.69 Å². The van der Waals surface area contributed by atoms with Gasteiger partial charge in [-0.2, -0.15) is 0 Å². The Hall–Kier alpha value is -3.49. The van der Waals surface area contributed by atoms with Crippen LogP contribution >= 0.6 is 0 Å². The number of methoxy groups -OCH3 is 1. The Balaban J connectivity index is 1.71. The first-order valence-corrected chi connectivity index (χ1v) is 12.2. The van der Waals surface area contributed by atoms with E-state index in [1.165, 1.54) is 7.11 Å². The summed E-state index contributed by atoms with van der Waals surface area (Å²) in [6.45, 7) is 2.69. The van der Waals surface area contributed by atoms with Gasteiger partial charge in [-0.3, -0.25) is 4.21 Å². The third-order valence-electron chi connectivity index (χ3n) is 5.73. The van der Waals surface area contributed by atoms with Crippen molar-refractivity contribution in [1.82, 2.24) is 9.55 Å². The second-order valence-electron chi connectivity index (χ2n) is 7.96. The van der Waals surface area contributed by atoms with Gasteiger partial charge in [0.1, 0.15) is 5.82 Å². The molecule has 0 saturated heterocycles. The molecule has 7 nitrogen and oxygen atoms in total. The maximum Gasteiger partial charge on any atom is 0.340 e. The fraction of sp³-hybridized carbons (Fsp3) is 0.231. The van der Waals surface area contributed by atoms with Crippen LogP contribution in [0.5, 0.6) is 0 Å². The minimum atomic E-state index is -2.40. The van der Waals surface area contributed by atoms with E-state index in [1.54, 1.807) is 18.2 Å². The summed E-state index contributed by atoms with van der Waals surface area (Å²) in [6, 6.07) is 20.7. The van der Waals surface area contributed by atoms with Crippen molar-refractivity contribution in [2.24, 2.45) is 0 Å². The molecule has 8 heteroatoms. The number of nitrogens with zero attached hydrogens (tertiary/aromatic N) is 2. The quantitative estimate of drug-likeness (QED) is 0.268. The van der Waals surface area contributed by atoms with Gasteiger partial charge in [0.2, 0.25) is 0 Å². The number of imidazole rings is 1. The molecule has 0 aliphatic carbocycles. The van der Waals surface area contributed by atoms with Gasteiger partial charge in [-0.1, -0.05) is 61.9 Å². The highest BCUT2D eigenvalue weighted by molar-refractivity contribution is 7.80. The number of nitrogens with one attached hydrogen (secondary N) is 1. The SMILES string of the molecule is CCCCc1nc2cccc(C(=O)OC)c2n1Cc1ccc(-c2ccccc2NS(=O)[O-])cc1. The molecule has 0 spiro atoms. The number of aromatic nitrogens is 2. The Morgan fingerprint density at radius 3 is 2.56 bits per heavy atom. The number of ether oxygens (including phenoxy) is 1. The highest BCUT2D eigenvalue weighted by atomic mass is 32.2. The van der Waals surface area contributed by atoms with Crippen molar-refractivity contribution < 1.29 is 18.3 Å². The van der Waals surface area contributed by atoms with Crippen LogP contribution in [0.3, 0.4) is 0 Å². The predicted octanol–water partition coefficient (Wildman–Crippen LogP) is 5.09. The van der Waals surface area contributed by atoms with Crippen molar-refractivity contribution in [1.29, 1.82) is 0 Å². The summed E-state index contributed by atoms with van der Waals surface area (Å²) in [5.41, 5.74) is 5.30. The Morgan fingerprint density at radius 2 is 1.85 bits per heavy atom. The number of carbonyl (C=O) groups excluding carboxylic acids is 1. The van der Waals surface area contributed by atoms with E-state index in [-0.39, 0.29) is 5.97 Å². The van der Waals surface area contributed by atoms with Crippen molar-refractivity contribution in [3.05, 3.63) is 83.7 Å². The lowest BCUT2D eigenvalue weighted by Crippen LogP contribution is -2.09. The minimum Gasteiger partial charge on any atom is -0.755 e. The number of fused-ring (bicyclic) bond motifs is 1. The molecule has 0 aliphatic rings. The summed E-state index contributed by atoms with van der Waals surface area (Å²) in [5.74, 6) is 0.550. The lowest BCUT2D eigenvalue weighted by molar-refractivity contribution is 0.0602. The molecular weight excluding hydrogens is 450 g/mol. The van der Waals surface area contributed by atoms with Crippen LogP contribution in [-0.4, -0.2) is 31.4 Å². The number of anilines is 1. The van der Waals surface area contributed by atoms with Crippen LogP contribution in [0.15, 0.2) is 66.7 Å². The number of aryl methyl sites for hydroxylation is 1. The van der Waals surface area contributed by atoms with Crippen LogP contribution in [-0.2, 0) is 29.0 Å². The van der Waals surface area contributed by atoms with Crippen molar-refractivity contribution in [3.63, 3.8) is 0 Å². The van der Waals surface area contributed by atoms with Crippen molar-refractivity contribution in [2.75, 3.05) is 11.8 Å². The molecule has 1 atom stereocenters. The molecule has 1 heterocycles. The zero-order valence-electron chi connectivity index (χ0n) is 19.1. The van der Waals surface area contributed by atoms with E-state index in [0.717, 1.165) is 52.8 Å². The number of carbonyl (C=O) groups is 1. The summed E-state index contributed by atoms with van der Waals surface area (Å²) in [4.78, 5) is 17.3.